The first-order valence-corrected chi connectivity index (χ1v) is 5.55. The second kappa shape index (κ2) is 4.97. The number of nitrogens with zero attached hydrogens (tertiary/aromatic N) is 2. The van der Waals surface area contributed by atoms with Crippen molar-refractivity contribution in [1.82, 2.24) is 4.98 Å². The van der Waals surface area contributed by atoms with Gasteiger partial charge in [-0.2, -0.15) is 0 Å². The molecular weight excluding hydrogens is 234 g/mol. The topological polar surface area (TPSA) is 55.3 Å². The molecule has 0 aliphatic rings. The molecule has 0 bridgehead atoms. The number of aromatic nitrogens is 1. The highest BCUT2D eigenvalue weighted by atomic mass is 32.1. The SMILES string of the molecule is CN(Cc1ccoc1)c1ccc(C(N)=S)cn1. The summed E-state index contributed by atoms with van der Waals surface area (Å²) in [5, 5.41) is 0. The third-order valence-electron chi connectivity index (χ3n) is 2.42. The molecule has 17 heavy (non-hydrogen) atoms. The van der Waals surface area contributed by atoms with E-state index in [1.165, 1.54) is 0 Å². The zero-order valence-corrected chi connectivity index (χ0v) is 10.3. The van der Waals surface area contributed by atoms with Gasteiger partial charge in [0.1, 0.15) is 10.8 Å². The monoisotopic (exact) mass is 247 g/mol. The van der Waals surface area contributed by atoms with Crippen molar-refractivity contribution in [2.45, 2.75) is 6.54 Å². The minimum atomic E-state index is 0.363. The van der Waals surface area contributed by atoms with Crippen LogP contribution in [0.25, 0.3) is 0 Å². The van der Waals surface area contributed by atoms with Crippen LogP contribution < -0.4 is 10.6 Å². The fourth-order valence-electron chi connectivity index (χ4n) is 1.50. The average Bonchev–Trinajstić information content (AvgIpc) is 2.82. The number of nitrogens with two attached hydrogens (primary N) is 1. The molecule has 4 nitrogen and oxygen atoms in total. The van der Waals surface area contributed by atoms with Gasteiger partial charge in [0.25, 0.3) is 0 Å². The lowest BCUT2D eigenvalue weighted by molar-refractivity contribution is 0.563. The third kappa shape index (κ3) is 2.82. The Labute approximate surface area is 105 Å². The Morgan fingerprint density at radius 2 is 2.29 bits per heavy atom. The van der Waals surface area contributed by atoms with Crippen LogP contribution in [0.4, 0.5) is 5.82 Å². The molecule has 2 heterocycles. The maximum Gasteiger partial charge on any atom is 0.128 e. The standard InChI is InChI=1S/C12H13N3OS/c1-15(7-9-4-5-16-8-9)11-3-2-10(6-14-11)12(13)17/h2-6,8H,7H2,1H3,(H2,13,17). The summed E-state index contributed by atoms with van der Waals surface area (Å²) in [6.45, 7) is 0.746. The summed E-state index contributed by atoms with van der Waals surface area (Å²) in [7, 11) is 1.97. The number of pyridine rings is 1. The molecular formula is C12H13N3OS. The number of hydrogen-bond donors (Lipinski definition) is 1. The van der Waals surface area contributed by atoms with Gasteiger partial charge in [-0.25, -0.2) is 4.98 Å². The van der Waals surface area contributed by atoms with Gasteiger partial charge >= 0.3 is 0 Å². The summed E-state index contributed by atoms with van der Waals surface area (Å²) in [4.78, 5) is 6.69. The average molecular weight is 247 g/mol. The number of furan rings is 1. The molecule has 88 valence electrons. The molecule has 2 N–H and O–H groups in total. The first-order chi connectivity index (χ1) is 8.16. The van der Waals surface area contributed by atoms with Crippen LogP contribution in [-0.2, 0) is 6.54 Å². The lowest BCUT2D eigenvalue weighted by Crippen LogP contribution is -2.18. The summed E-state index contributed by atoms with van der Waals surface area (Å²) in [5.74, 6) is 0.867. The molecule has 0 spiro atoms. The number of anilines is 1. The molecule has 0 aliphatic heterocycles. The Kier molecular flexibility index (Phi) is 3.39. The van der Waals surface area contributed by atoms with Gasteiger partial charge in [0.15, 0.2) is 0 Å². The Hall–Kier alpha value is -1.88. The van der Waals surface area contributed by atoms with Crippen molar-refractivity contribution in [3.8, 4) is 0 Å². The molecule has 2 aromatic heterocycles. The van der Waals surface area contributed by atoms with Crippen molar-refractivity contribution in [2.24, 2.45) is 5.73 Å². The van der Waals surface area contributed by atoms with Gasteiger partial charge in [-0.15, -0.1) is 0 Å². The van der Waals surface area contributed by atoms with Crippen LogP contribution >= 0.6 is 12.2 Å². The summed E-state index contributed by atoms with van der Waals surface area (Å²) in [5.41, 5.74) is 7.40. The van der Waals surface area contributed by atoms with Crippen molar-refractivity contribution in [3.63, 3.8) is 0 Å². The van der Waals surface area contributed by atoms with Gasteiger partial charge in [-0.05, 0) is 18.2 Å². The van der Waals surface area contributed by atoms with E-state index in [0.717, 1.165) is 23.5 Å². The fraction of sp³-hybridized carbons (Fsp3) is 0.167. The Bertz CT molecular complexity index is 493. The Balaban J connectivity index is 2.09. The molecule has 2 rings (SSSR count). The molecule has 2 aromatic rings. The molecule has 0 saturated carbocycles. The second-order valence-electron chi connectivity index (χ2n) is 3.76. The van der Waals surface area contributed by atoms with Crippen molar-refractivity contribution in [2.75, 3.05) is 11.9 Å². The van der Waals surface area contributed by atoms with Crippen molar-refractivity contribution >= 4 is 23.0 Å². The van der Waals surface area contributed by atoms with Crippen LogP contribution in [0.5, 0.6) is 0 Å². The van der Waals surface area contributed by atoms with Crippen molar-refractivity contribution in [3.05, 3.63) is 48.0 Å². The van der Waals surface area contributed by atoms with Crippen LogP contribution in [0.3, 0.4) is 0 Å². The van der Waals surface area contributed by atoms with Crippen LogP contribution in [-0.4, -0.2) is 17.0 Å². The number of hydrogen-bond acceptors (Lipinski definition) is 4. The molecule has 0 amide bonds. The minimum absolute atomic E-state index is 0.363. The summed E-state index contributed by atoms with van der Waals surface area (Å²) in [6, 6.07) is 5.70. The normalized spacial score (nSPS) is 10.2. The van der Waals surface area contributed by atoms with E-state index in [4.69, 9.17) is 22.4 Å². The highest BCUT2D eigenvalue weighted by Gasteiger charge is 2.05. The van der Waals surface area contributed by atoms with Crippen LogP contribution in [0, 0.1) is 0 Å². The second-order valence-corrected chi connectivity index (χ2v) is 4.20. The minimum Gasteiger partial charge on any atom is -0.472 e. The van der Waals surface area contributed by atoms with E-state index < -0.39 is 0 Å². The lowest BCUT2D eigenvalue weighted by Gasteiger charge is -2.17. The highest BCUT2D eigenvalue weighted by molar-refractivity contribution is 7.80. The van der Waals surface area contributed by atoms with Gasteiger partial charge in [0.05, 0.1) is 12.5 Å². The quantitative estimate of drug-likeness (QED) is 0.837. The van der Waals surface area contributed by atoms with Gasteiger partial charge < -0.3 is 15.1 Å². The third-order valence-corrected chi connectivity index (χ3v) is 2.66. The van der Waals surface area contributed by atoms with Crippen LogP contribution in [0.1, 0.15) is 11.1 Å². The van der Waals surface area contributed by atoms with E-state index in [1.54, 1.807) is 18.7 Å². The zero-order chi connectivity index (χ0) is 12.3. The first kappa shape index (κ1) is 11.6. The number of thiocarbonyl (C=S) groups is 1. The predicted octanol–water partition coefficient (Wildman–Crippen LogP) is 1.95. The van der Waals surface area contributed by atoms with E-state index in [2.05, 4.69) is 4.98 Å². The largest absolute Gasteiger partial charge is 0.472 e. The summed E-state index contributed by atoms with van der Waals surface area (Å²) < 4.78 is 5.02. The Morgan fingerprint density at radius 1 is 1.47 bits per heavy atom. The van der Waals surface area contributed by atoms with Crippen molar-refractivity contribution < 1.29 is 4.42 Å². The molecule has 0 saturated heterocycles. The lowest BCUT2D eigenvalue weighted by atomic mass is 10.2. The molecule has 0 unspecified atom stereocenters. The Morgan fingerprint density at radius 3 is 2.82 bits per heavy atom. The molecule has 0 atom stereocenters. The summed E-state index contributed by atoms with van der Waals surface area (Å²) >= 11 is 4.88. The molecule has 0 aliphatic carbocycles. The van der Waals surface area contributed by atoms with Crippen LogP contribution in [0.15, 0.2) is 41.3 Å². The maximum atomic E-state index is 5.52. The molecule has 0 radical (unpaired) electrons. The maximum absolute atomic E-state index is 5.52. The highest BCUT2D eigenvalue weighted by Crippen LogP contribution is 2.13. The van der Waals surface area contributed by atoms with Gasteiger partial charge in [-0.1, -0.05) is 12.2 Å². The summed E-state index contributed by atoms with van der Waals surface area (Å²) in [6.07, 6.45) is 5.07. The predicted molar refractivity (Wildman–Crippen MR) is 70.9 cm³/mol. The molecule has 0 fully saturated rings. The van der Waals surface area contributed by atoms with E-state index in [1.807, 2.05) is 30.1 Å². The van der Waals surface area contributed by atoms with E-state index in [-0.39, 0.29) is 0 Å². The molecule has 5 heteroatoms. The van der Waals surface area contributed by atoms with Gasteiger partial charge in [0.2, 0.25) is 0 Å². The van der Waals surface area contributed by atoms with E-state index >= 15 is 0 Å². The van der Waals surface area contributed by atoms with Crippen LogP contribution in [0.2, 0.25) is 0 Å². The van der Waals surface area contributed by atoms with E-state index in [0.29, 0.717) is 4.99 Å². The zero-order valence-electron chi connectivity index (χ0n) is 9.46. The fourth-order valence-corrected chi connectivity index (χ4v) is 1.62. The van der Waals surface area contributed by atoms with Crippen molar-refractivity contribution in [1.29, 1.82) is 0 Å². The van der Waals surface area contributed by atoms with E-state index in [9.17, 15) is 0 Å². The van der Waals surface area contributed by atoms with Gasteiger partial charge in [0, 0.05) is 30.9 Å². The smallest absolute Gasteiger partial charge is 0.128 e. The molecule has 0 aromatic carbocycles. The number of rotatable bonds is 4. The first-order valence-electron chi connectivity index (χ1n) is 5.15. The van der Waals surface area contributed by atoms with Gasteiger partial charge in [-0.3, -0.25) is 0 Å².